The lowest BCUT2D eigenvalue weighted by molar-refractivity contribution is -0.923. The zero-order valence-electron chi connectivity index (χ0n) is 15.1. The number of carbonyl (C=O) groups is 1. The number of quaternary nitrogens is 1. The first-order valence-electron chi connectivity index (χ1n) is 9.22. The smallest absolute Gasteiger partial charge is 0.148 e. The van der Waals surface area contributed by atoms with Crippen LogP contribution in [0.3, 0.4) is 0 Å². The number of piperidine rings is 1. The van der Waals surface area contributed by atoms with Gasteiger partial charge in [0.1, 0.15) is 24.6 Å². The molecule has 3 aliphatic heterocycles. The number of hydrogen-bond donors (Lipinski definition) is 1. The summed E-state index contributed by atoms with van der Waals surface area (Å²) in [5.41, 5.74) is 5.90. The zero-order chi connectivity index (χ0) is 17.4. The molecule has 1 aromatic carbocycles. The summed E-state index contributed by atoms with van der Waals surface area (Å²) in [4.78, 5) is 12.2. The Morgan fingerprint density at radius 3 is 2.96 bits per heavy atom. The second-order valence-corrected chi connectivity index (χ2v) is 8.21. The van der Waals surface area contributed by atoms with Crippen LogP contribution in [-0.2, 0) is 10.2 Å². The first-order valence-corrected chi connectivity index (χ1v) is 9.22. The molecule has 2 saturated heterocycles. The van der Waals surface area contributed by atoms with Crippen molar-refractivity contribution in [1.82, 2.24) is 0 Å². The highest BCUT2D eigenvalue weighted by molar-refractivity contribution is 5.86. The number of likely N-dealkylation sites (N-methyl/N-ethyl adjacent to an activating group) is 1. The fraction of sp³-hybridized carbons (Fsp3) is 0.476. The average Bonchev–Trinajstić information content (AvgIpc) is 3.14. The molecule has 2 fully saturated rings. The van der Waals surface area contributed by atoms with Crippen molar-refractivity contribution in [3.05, 3.63) is 46.7 Å². The summed E-state index contributed by atoms with van der Waals surface area (Å²) >= 11 is 0. The molecule has 130 valence electrons. The largest absolute Gasteiger partial charge is 0.495 e. The molecule has 0 aromatic heterocycles. The standard InChI is InChI=1S/C21H24N2O2/c1-4-13-11-23(2)9-8-21-16-6-5-7-17(25-3)19(16)22-20(21)15(12-24)14(13)10-18(21)23/h4-7,12,14,18H,8-11H2,1-3H3/p+1/b13-4+/t14-,18-,21+,23?/m0/s1. The summed E-state index contributed by atoms with van der Waals surface area (Å²) in [7, 11) is 4.12. The molecular formula is C21H25N2O2+. The van der Waals surface area contributed by atoms with E-state index in [9.17, 15) is 4.79 Å². The number of nitrogens with zero attached hydrogens (tertiary/aromatic N) is 1. The lowest BCUT2D eigenvalue weighted by Gasteiger charge is -2.51. The van der Waals surface area contributed by atoms with Gasteiger partial charge in [0.2, 0.25) is 0 Å². The van der Waals surface area contributed by atoms with Gasteiger partial charge in [-0.25, -0.2) is 0 Å². The van der Waals surface area contributed by atoms with E-state index < -0.39 is 0 Å². The molecule has 1 aromatic rings. The maximum Gasteiger partial charge on any atom is 0.148 e. The average molecular weight is 337 g/mol. The summed E-state index contributed by atoms with van der Waals surface area (Å²) in [6.07, 6.45) is 5.52. The van der Waals surface area contributed by atoms with Crippen LogP contribution in [0.2, 0.25) is 0 Å². The first-order chi connectivity index (χ1) is 12.1. The van der Waals surface area contributed by atoms with E-state index in [2.05, 4.69) is 37.5 Å². The van der Waals surface area contributed by atoms with Gasteiger partial charge in [0.05, 0.1) is 31.8 Å². The Kier molecular flexibility index (Phi) is 2.89. The van der Waals surface area contributed by atoms with E-state index in [4.69, 9.17) is 4.74 Å². The van der Waals surface area contributed by atoms with E-state index in [1.54, 1.807) is 7.11 Å². The number of rotatable bonds is 2. The minimum atomic E-state index is -0.0510. The van der Waals surface area contributed by atoms with Gasteiger partial charge in [-0.05, 0) is 24.1 Å². The van der Waals surface area contributed by atoms with Gasteiger partial charge in [-0.2, -0.15) is 0 Å². The molecule has 4 nitrogen and oxygen atoms in total. The third-order valence-corrected chi connectivity index (χ3v) is 7.37. The van der Waals surface area contributed by atoms with Crippen molar-refractivity contribution in [3.63, 3.8) is 0 Å². The van der Waals surface area contributed by atoms with Crippen molar-refractivity contribution in [1.29, 1.82) is 0 Å². The quantitative estimate of drug-likeness (QED) is 0.512. The van der Waals surface area contributed by atoms with Crippen LogP contribution in [0.15, 0.2) is 41.1 Å². The number of para-hydroxylation sites is 1. The summed E-state index contributed by atoms with van der Waals surface area (Å²) < 4.78 is 6.71. The highest BCUT2D eigenvalue weighted by Crippen LogP contribution is 2.63. The lowest BCUT2D eigenvalue weighted by Crippen LogP contribution is -2.61. The number of fused-ring (bicyclic) bond motifs is 2. The molecule has 3 heterocycles. The molecule has 1 aliphatic carbocycles. The van der Waals surface area contributed by atoms with Crippen LogP contribution in [-0.4, -0.2) is 44.1 Å². The first kappa shape index (κ1) is 15.2. The van der Waals surface area contributed by atoms with Gasteiger partial charge in [0.25, 0.3) is 0 Å². The molecule has 1 unspecified atom stereocenters. The van der Waals surface area contributed by atoms with Crippen molar-refractivity contribution in [2.75, 3.05) is 32.6 Å². The van der Waals surface area contributed by atoms with Crippen molar-refractivity contribution < 1.29 is 14.0 Å². The van der Waals surface area contributed by atoms with Gasteiger partial charge < -0.3 is 14.5 Å². The van der Waals surface area contributed by atoms with E-state index in [1.807, 2.05) is 6.07 Å². The molecule has 4 aliphatic rings. The second kappa shape index (κ2) is 4.76. The van der Waals surface area contributed by atoms with Crippen LogP contribution in [0.1, 0.15) is 25.3 Å². The molecule has 0 radical (unpaired) electrons. The Hall–Kier alpha value is -2.07. The van der Waals surface area contributed by atoms with Crippen LogP contribution in [0, 0.1) is 5.92 Å². The summed E-state index contributed by atoms with van der Waals surface area (Å²) in [6, 6.07) is 6.86. The van der Waals surface area contributed by atoms with Gasteiger partial charge in [-0.1, -0.05) is 18.2 Å². The van der Waals surface area contributed by atoms with E-state index in [-0.39, 0.29) is 11.3 Å². The number of hydrogen-bond acceptors (Lipinski definition) is 3. The monoisotopic (exact) mass is 337 g/mol. The van der Waals surface area contributed by atoms with Gasteiger partial charge in [-0.3, -0.25) is 4.79 Å². The number of aldehydes is 1. The summed E-state index contributed by atoms with van der Waals surface area (Å²) in [5.74, 6) is 1.15. The topological polar surface area (TPSA) is 38.3 Å². The van der Waals surface area contributed by atoms with Gasteiger partial charge >= 0.3 is 0 Å². The van der Waals surface area contributed by atoms with Crippen molar-refractivity contribution >= 4 is 12.0 Å². The minimum absolute atomic E-state index is 0.0510. The Bertz CT molecular complexity index is 855. The zero-order valence-corrected chi connectivity index (χ0v) is 15.1. The predicted molar refractivity (Wildman–Crippen MR) is 97.6 cm³/mol. The maximum absolute atomic E-state index is 12.2. The van der Waals surface area contributed by atoms with Gasteiger partial charge in [0, 0.05) is 30.0 Å². The number of ether oxygens (including phenoxy) is 1. The van der Waals surface area contributed by atoms with Gasteiger partial charge in [-0.15, -0.1) is 0 Å². The van der Waals surface area contributed by atoms with Crippen LogP contribution in [0.5, 0.6) is 5.75 Å². The Morgan fingerprint density at radius 1 is 1.40 bits per heavy atom. The van der Waals surface area contributed by atoms with Gasteiger partial charge in [0.15, 0.2) is 0 Å². The van der Waals surface area contributed by atoms with Crippen LogP contribution in [0.25, 0.3) is 0 Å². The molecule has 0 saturated carbocycles. The third-order valence-electron chi connectivity index (χ3n) is 7.37. The predicted octanol–water partition coefficient (Wildman–Crippen LogP) is 3.01. The van der Waals surface area contributed by atoms with Crippen molar-refractivity contribution in [2.24, 2.45) is 5.92 Å². The Balaban J connectivity index is 1.84. The van der Waals surface area contributed by atoms with Crippen molar-refractivity contribution in [3.8, 4) is 5.75 Å². The normalized spacial score (nSPS) is 39.1. The maximum atomic E-state index is 12.2. The van der Waals surface area contributed by atoms with Crippen LogP contribution >= 0.6 is 0 Å². The van der Waals surface area contributed by atoms with E-state index in [0.717, 1.165) is 59.4 Å². The molecular weight excluding hydrogens is 312 g/mol. The number of benzene rings is 1. The summed E-state index contributed by atoms with van der Waals surface area (Å²) in [6.45, 7) is 4.34. The number of nitrogens with one attached hydrogen (secondary N) is 1. The molecule has 25 heavy (non-hydrogen) atoms. The molecule has 1 spiro atoms. The molecule has 4 heteroatoms. The number of methoxy groups -OCH3 is 1. The molecule has 5 rings (SSSR count). The highest BCUT2D eigenvalue weighted by atomic mass is 16.5. The van der Waals surface area contributed by atoms with Crippen LogP contribution < -0.4 is 10.1 Å². The number of anilines is 1. The molecule has 4 atom stereocenters. The van der Waals surface area contributed by atoms with Crippen molar-refractivity contribution in [2.45, 2.75) is 31.2 Å². The molecule has 0 amide bonds. The Morgan fingerprint density at radius 2 is 2.24 bits per heavy atom. The molecule has 1 N–H and O–H groups in total. The Labute approximate surface area is 148 Å². The third kappa shape index (κ3) is 1.59. The minimum Gasteiger partial charge on any atom is -0.495 e. The lowest BCUT2D eigenvalue weighted by atomic mass is 9.61. The molecule has 2 bridgehead atoms. The summed E-state index contributed by atoms with van der Waals surface area (Å²) in [5, 5.41) is 3.65. The fourth-order valence-corrected chi connectivity index (χ4v) is 6.28. The number of carbonyl (C=O) groups excluding carboxylic acids is 1. The SMILES string of the molecule is C/C=C1\C[N+]2(C)CC[C@]34C(=C(C=O)[C@H]1C[C@@H]32)Nc1c(OC)cccc14. The number of allylic oxidation sites excluding steroid dienone is 2. The van der Waals surface area contributed by atoms with E-state index in [0.29, 0.717) is 6.04 Å². The highest BCUT2D eigenvalue weighted by Gasteiger charge is 2.67. The van der Waals surface area contributed by atoms with E-state index >= 15 is 0 Å². The fourth-order valence-electron chi connectivity index (χ4n) is 6.28. The second-order valence-electron chi connectivity index (χ2n) is 8.21. The van der Waals surface area contributed by atoms with Crippen LogP contribution in [0.4, 0.5) is 5.69 Å². The van der Waals surface area contributed by atoms with E-state index in [1.165, 1.54) is 11.1 Å².